The zero-order chi connectivity index (χ0) is 5.99. The third-order valence-corrected chi connectivity index (χ3v) is 2.42. The zero-order valence-electron chi connectivity index (χ0n) is 4.32. The molecule has 0 heterocycles. The summed E-state index contributed by atoms with van der Waals surface area (Å²) >= 11 is 0. The molecule has 0 saturated heterocycles. The monoisotopic (exact) mass is 119 g/mol. The number of hydrogen-bond acceptors (Lipinski definition) is 1. The van der Waals surface area contributed by atoms with E-state index in [2.05, 4.69) is 0 Å². The second-order valence-electron chi connectivity index (χ2n) is 2.97. The van der Waals surface area contributed by atoms with Crippen LogP contribution in [0.3, 0.4) is 0 Å². The second-order valence-corrected chi connectivity index (χ2v) is 2.97. The Balaban J connectivity index is 2.13. The number of rotatable bonds is 1. The Morgan fingerprint density at radius 3 is 1.75 bits per heavy atom. The molecule has 46 valence electrons. The average molecular weight is 119 g/mol. The summed E-state index contributed by atoms with van der Waals surface area (Å²) in [6.07, 6.45) is -1.07. The van der Waals surface area contributed by atoms with Crippen LogP contribution in [0.5, 0.6) is 0 Å². The maximum Gasteiger partial charge on any atom is 0.246 e. The van der Waals surface area contributed by atoms with Crippen LogP contribution in [0.4, 0.5) is 8.78 Å². The minimum absolute atomic E-state index is 0.416. The lowest BCUT2D eigenvalue weighted by Gasteiger charge is -1.95. The van der Waals surface area contributed by atoms with Crippen LogP contribution in [-0.2, 0) is 0 Å². The van der Waals surface area contributed by atoms with E-state index in [9.17, 15) is 8.78 Å². The van der Waals surface area contributed by atoms with Gasteiger partial charge in [-0.3, -0.25) is 0 Å². The number of hydrogen-bond donors (Lipinski definition) is 1. The largest absolute Gasteiger partial charge is 0.324 e. The van der Waals surface area contributed by atoms with Crippen molar-refractivity contribution in [3.05, 3.63) is 0 Å². The lowest BCUT2D eigenvalue weighted by molar-refractivity contribution is 0.0929. The lowest BCUT2D eigenvalue weighted by Crippen LogP contribution is -2.08. The van der Waals surface area contributed by atoms with Gasteiger partial charge in [0.1, 0.15) is 0 Å². The van der Waals surface area contributed by atoms with Gasteiger partial charge in [-0.1, -0.05) is 0 Å². The highest BCUT2D eigenvalue weighted by atomic mass is 19.3. The van der Waals surface area contributed by atoms with E-state index >= 15 is 0 Å². The molecule has 0 bridgehead atoms. The average Bonchev–Trinajstić information content (AvgIpc) is 2.22. The van der Waals surface area contributed by atoms with Crippen molar-refractivity contribution in [1.29, 1.82) is 0 Å². The lowest BCUT2D eigenvalue weighted by atomic mass is 10.2. The van der Waals surface area contributed by atoms with Crippen LogP contribution < -0.4 is 5.73 Å². The Labute approximate surface area is 45.9 Å². The van der Waals surface area contributed by atoms with Gasteiger partial charge in [0.25, 0.3) is 0 Å². The van der Waals surface area contributed by atoms with Gasteiger partial charge in [-0.2, -0.15) is 0 Å². The van der Waals surface area contributed by atoms with E-state index in [1.165, 1.54) is 0 Å². The maximum absolute atomic E-state index is 11.8. The Kier molecular flexibility index (Phi) is 0.477. The molecular weight excluding hydrogens is 112 g/mol. The third-order valence-electron chi connectivity index (χ3n) is 2.42. The van der Waals surface area contributed by atoms with Crippen molar-refractivity contribution in [3.8, 4) is 0 Å². The molecule has 2 rings (SSSR count). The molecule has 0 radical (unpaired) electrons. The molecule has 0 aromatic carbocycles. The highest BCUT2D eigenvalue weighted by molar-refractivity contribution is 5.37. The Hall–Kier alpha value is -0.180. The molecule has 2 N–H and O–H groups in total. The fraction of sp³-hybridized carbons (Fsp3) is 1.00. The van der Waals surface area contributed by atoms with Crippen LogP contribution in [0, 0.1) is 5.41 Å². The molecule has 1 nitrogen and oxygen atoms in total. The van der Waals surface area contributed by atoms with Crippen molar-refractivity contribution in [2.45, 2.75) is 24.8 Å². The maximum atomic E-state index is 11.8. The van der Waals surface area contributed by atoms with E-state index in [-0.39, 0.29) is 0 Å². The first-order valence-electron chi connectivity index (χ1n) is 2.68. The molecule has 0 amide bonds. The van der Waals surface area contributed by atoms with Gasteiger partial charge in [-0.15, -0.1) is 0 Å². The molecule has 2 saturated carbocycles. The molecule has 0 aromatic heterocycles. The number of nitrogens with two attached hydrogens (primary N) is 1. The molecule has 0 unspecified atom stereocenters. The molecular formula is C5H7F2N. The van der Waals surface area contributed by atoms with Gasteiger partial charge in [0.2, 0.25) is 6.43 Å². The molecule has 2 aliphatic rings. The first-order chi connectivity index (χ1) is 3.61. The smallest absolute Gasteiger partial charge is 0.246 e. The summed E-state index contributed by atoms with van der Waals surface area (Å²) < 4.78 is 23.6. The molecule has 0 atom stereocenters. The summed E-state index contributed by atoms with van der Waals surface area (Å²) in [5.74, 6) is 0. The highest BCUT2D eigenvalue weighted by Crippen LogP contribution is 2.79. The van der Waals surface area contributed by atoms with E-state index in [4.69, 9.17) is 5.73 Å². The predicted molar refractivity (Wildman–Crippen MR) is 24.6 cm³/mol. The van der Waals surface area contributed by atoms with Gasteiger partial charge >= 0.3 is 0 Å². The van der Waals surface area contributed by atoms with Gasteiger partial charge in [-0.05, 0) is 12.8 Å². The summed E-state index contributed by atoms with van der Waals surface area (Å²) in [6.45, 7) is 0. The van der Waals surface area contributed by atoms with Gasteiger partial charge in [0, 0.05) is 5.54 Å². The van der Waals surface area contributed by atoms with Crippen LogP contribution in [0.2, 0.25) is 0 Å². The van der Waals surface area contributed by atoms with Crippen LogP contribution >= 0.6 is 0 Å². The first kappa shape index (κ1) is 4.68. The van der Waals surface area contributed by atoms with Gasteiger partial charge in [0.05, 0.1) is 5.41 Å². The van der Waals surface area contributed by atoms with E-state index in [1.54, 1.807) is 0 Å². The van der Waals surface area contributed by atoms with Crippen LogP contribution in [0.1, 0.15) is 12.8 Å². The Morgan fingerprint density at radius 1 is 1.38 bits per heavy atom. The fourth-order valence-electron chi connectivity index (χ4n) is 1.36. The number of alkyl halides is 2. The third kappa shape index (κ3) is 0.260. The summed E-state index contributed by atoms with van der Waals surface area (Å²) in [5, 5.41) is 0. The van der Waals surface area contributed by atoms with Gasteiger partial charge in [0.15, 0.2) is 0 Å². The van der Waals surface area contributed by atoms with E-state index in [0.29, 0.717) is 12.8 Å². The topological polar surface area (TPSA) is 26.0 Å². The SMILES string of the molecule is NC12CC1(C(F)F)C2. The quantitative estimate of drug-likeness (QED) is 0.541. The minimum atomic E-state index is -2.17. The first-order valence-corrected chi connectivity index (χ1v) is 2.68. The number of fused-ring (bicyclic) bond motifs is 1. The molecule has 2 fully saturated rings. The van der Waals surface area contributed by atoms with Crippen molar-refractivity contribution >= 4 is 0 Å². The molecule has 3 heteroatoms. The fourth-order valence-corrected chi connectivity index (χ4v) is 1.36. The van der Waals surface area contributed by atoms with E-state index < -0.39 is 17.4 Å². The van der Waals surface area contributed by atoms with E-state index in [1.807, 2.05) is 0 Å². The van der Waals surface area contributed by atoms with Crippen LogP contribution in [0.15, 0.2) is 0 Å². The standard InChI is InChI=1S/C5H7F2N/c6-3(7)4-1-5(4,8)2-4/h3H,1-2,8H2. The van der Waals surface area contributed by atoms with E-state index in [0.717, 1.165) is 0 Å². The molecule has 0 spiro atoms. The predicted octanol–water partition coefficient (Wildman–Crippen LogP) is 0.743. The normalized spacial score (nSPS) is 58.5. The van der Waals surface area contributed by atoms with Crippen molar-refractivity contribution in [2.24, 2.45) is 11.1 Å². The minimum Gasteiger partial charge on any atom is -0.324 e. The summed E-state index contributed by atoms with van der Waals surface area (Å²) in [6, 6.07) is 0. The number of halogens is 2. The molecule has 0 aromatic rings. The van der Waals surface area contributed by atoms with Crippen molar-refractivity contribution in [2.75, 3.05) is 0 Å². The van der Waals surface area contributed by atoms with Crippen LogP contribution in [-0.4, -0.2) is 12.0 Å². The summed E-state index contributed by atoms with van der Waals surface area (Å²) in [7, 11) is 0. The molecule has 8 heavy (non-hydrogen) atoms. The van der Waals surface area contributed by atoms with Crippen molar-refractivity contribution in [3.63, 3.8) is 0 Å². The van der Waals surface area contributed by atoms with Crippen molar-refractivity contribution < 1.29 is 8.78 Å². The van der Waals surface area contributed by atoms with Crippen LogP contribution in [0.25, 0.3) is 0 Å². The molecule has 2 aliphatic carbocycles. The van der Waals surface area contributed by atoms with Gasteiger partial charge < -0.3 is 5.73 Å². The summed E-state index contributed by atoms with van der Waals surface area (Å²) in [5.41, 5.74) is 4.28. The highest BCUT2D eigenvalue weighted by Gasteiger charge is 2.85. The Morgan fingerprint density at radius 2 is 1.75 bits per heavy atom. The van der Waals surface area contributed by atoms with Crippen molar-refractivity contribution in [1.82, 2.24) is 0 Å². The second kappa shape index (κ2) is 0.817. The summed E-state index contributed by atoms with van der Waals surface area (Å²) in [4.78, 5) is 0. The zero-order valence-corrected chi connectivity index (χ0v) is 4.32. The van der Waals surface area contributed by atoms with Gasteiger partial charge in [-0.25, -0.2) is 8.78 Å². The molecule has 0 aliphatic heterocycles. The Bertz CT molecular complexity index is 137.